The zero-order valence-corrected chi connectivity index (χ0v) is 17.1. The highest BCUT2D eigenvalue weighted by atomic mass is 79.9. The Hall–Kier alpha value is -2.48. The number of carbonyl (C=O) groups is 2. The van der Waals surface area contributed by atoms with Gasteiger partial charge in [0.25, 0.3) is 0 Å². The lowest BCUT2D eigenvalue weighted by atomic mass is 10.1. The van der Waals surface area contributed by atoms with E-state index in [4.69, 9.17) is 0 Å². The van der Waals surface area contributed by atoms with Crippen molar-refractivity contribution in [2.24, 2.45) is 5.92 Å². The Balaban J connectivity index is 1.35. The summed E-state index contributed by atoms with van der Waals surface area (Å²) in [5.74, 6) is 0.958. The maximum atomic E-state index is 12.6. The number of anilines is 2. The molecule has 146 valence electrons. The van der Waals surface area contributed by atoms with Gasteiger partial charge in [0, 0.05) is 42.4 Å². The summed E-state index contributed by atoms with van der Waals surface area (Å²) in [6, 6.07) is 9.45. The largest absolute Gasteiger partial charge is 0.357 e. The van der Waals surface area contributed by atoms with Gasteiger partial charge in [-0.3, -0.25) is 9.59 Å². The number of nitrogens with zero attached hydrogens (tertiary/aromatic N) is 4. The first-order valence-corrected chi connectivity index (χ1v) is 10.3. The number of benzene rings is 1. The van der Waals surface area contributed by atoms with Crippen LogP contribution in [0.25, 0.3) is 0 Å². The third kappa shape index (κ3) is 4.16. The Kier molecular flexibility index (Phi) is 5.57. The van der Waals surface area contributed by atoms with Gasteiger partial charge in [-0.15, -0.1) is 0 Å². The fourth-order valence-electron chi connectivity index (χ4n) is 3.68. The molecule has 7 nitrogen and oxygen atoms in total. The number of hydrogen-bond donors (Lipinski definition) is 1. The van der Waals surface area contributed by atoms with Crippen LogP contribution in [0, 0.1) is 5.92 Å². The molecule has 1 aromatic heterocycles. The monoisotopic (exact) mass is 443 g/mol. The van der Waals surface area contributed by atoms with Crippen LogP contribution < -0.4 is 15.1 Å². The summed E-state index contributed by atoms with van der Waals surface area (Å²) in [5, 5.41) is 2.89. The minimum absolute atomic E-state index is 0.0365. The molecule has 1 unspecified atom stereocenters. The molecule has 0 saturated carbocycles. The van der Waals surface area contributed by atoms with Gasteiger partial charge < -0.3 is 15.1 Å². The summed E-state index contributed by atoms with van der Waals surface area (Å²) in [4.78, 5) is 37.7. The van der Waals surface area contributed by atoms with Gasteiger partial charge in [-0.05, 0) is 37.1 Å². The van der Waals surface area contributed by atoms with Gasteiger partial charge in [0.15, 0.2) is 0 Å². The molecule has 4 rings (SSSR count). The quantitative estimate of drug-likeness (QED) is 0.767. The van der Waals surface area contributed by atoms with Crippen molar-refractivity contribution in [3.63, 3.8) is 0 Å². The second kappa shape index (κ2) is 8.26. The summed E-state index contributed by atoms with van der Waals surface area (Å²) >= 11 is 3.42. The number of halogens is 1. The van der Waals surface area contributed by atoms with Crippen molar-refractivity contribution in [3.05, 3.63) is 46.8 Å². The standard InChI is InChI=1S/C20H22BrN5O2/c21-15-4-3-5-16(11-15)26-13-14(10-19(26)27)20(28)23-12-17-22-7-6-18(24-17)25-8-1-2-9-25/h3-7,11,14H,1-2,8-10,12-13H2,(H,23,28). The first-order valence-electron chi connectivity index (χ1n) is 9.50. The Morgan fingerprint density at radius 3 is 2.86 bits per heavy atom. The first-order chi connectivity index (χ1) is 13.6. The molecule has 2 saturated heterocycles. The molecule has 0 spiro atoms. The van der Waals surface area contributed by atoms with Crippen LogP contribution in [0.4, 0.5) is 11.5 Å². The van der Waals surface area contributed by atoms with E-state index in [1.54, 1.807) is 11.1 Å². The molecule has 1 N–H and O–H groups in total. The van der Waals surface area contributed by atoms with Gasteiger partial charge >= 0.3 is 0 Å². The van der Waals surface area contributed by atoms with Crippen molar-refractivity contribution in [1.29, 1.82) is 0 Å². The second-order valence-electron chi connectivity index (χ2n) is 7.13. The molecular formula is C20H22BrN5O2. The molecule has 0 aliphatic carbocycles. The van der Waals surface area contributed by atoms with E-state index in [2.05, 4.69) is 36.1 Å². The third-order valence-electron chi connectivity index (χ3n) is 5.16. The van der Waals surface area contributed by atoms with E-state index in [-0.39, 0.29) is 30.7 Å². The number of aromatic nitrogens is 2. The number of hydrogen-bond acceptors (Lipinski definition) is 5. The van der Waals surface area contributed by atoms with Crippen LogP contribution >= 0.6 is 15.9 Å². The SMILES string of the molecule is O=C(NCc1nccc(N2CCCC2)n1)C1CC(=O)N(c2cccc(Br)c2)C1. The van der Waals surface area contributed by atoms with E-state index in [0.29, 0.717) is 12.4 Å². The molecule has 2 amide bonds. The van der Waals surface area contributed by atoms with Gasteiger partial charge in [-0.2, -0.15) is 0 Å². The molecular weight excluding hydrogens is 422 g/mol. The van der Waals surface area contributed by atoms with Crippen LogP contribution in [-0.4, -0.2) is 41.4 Å². The number of rotatable bonds is 5. The van der Waals surface area contributed by atoms with Crippen molar-refractivity contribution >= 4 is 39.2 Å². The molecule has 0 radical (unpaired) electrons. The zero-order valence-electron chi connectivity index (χ0n) is 15.5. The topological polar surface area (TPSA) is 78.4 Å². The summed E-state index contributed by atoms with van der Waals surface area (Å²) in [6.45, 7) is 2.68. The van der Waals surface area contributed by atoms with Gasteiger partial charge in [0.05, 0.1) is 12.5 Å². The lowest BCUT2D eigenvalue weighted by Crippen LogP contribution is -2.33. The van der Waals surface area contributed by atoms with Crippen molar-refractivity contribution in [2.45, 2.75) is 25.8 Å². The molecule has 3 heterocycles. The minimum Gasteiger partial charge on any atom is -0.357 e. The molecule has 0 bridgehead atoms. The van der Waals surface area contributed by atoms with E-state index in [1.807, 2.05) is 30.3 Å². The summed E-state index contributed by atoms with van der Waals surface area (Å²) in [5.41, 5.74) is 0.802. The van der Waals surface area contributed by atoms with Gasteiger partial charge in [0.1, 0.15) is 11.6 Å². The van der Waals surface area contributed by atoms with E-state index >= 15 is 0 Å². The highest BCUT2D eigenvalue weighted by Gasteiger charge is 2.35. The van der Waals surface area contributed by atoms with Crippen molar-refractivity contribution in [2.75, 3.05) is 29.4 Å². The van der Waals surface area contributed by atoms with Crippen molar-refractivity contribution in [3.8, 4) is 0 Å². The Morgan fingerprint density at radius 2 is 2.07 bits per heavy atom. The molecule has 2 aliphatic rings. The normalized spacial score (nSPS) is 19.3. The molecule has 28 heavy (non-hydrogen) atoms. The Morgan fingerprint density at radius 1 is 1.25 bits per heavy atom. The average Bonchev–Trinajstić information content (AvgIpc) is 3.36. The van der Waals surface area contributed by atoms with Crippen LogP contribution in [0.1, 0.15) is 25.1 Å². The van der Waals surface area contributed by atoms with Crippen LogP contribution in [0.2, 0.25) is 0 Å². The van der Waals surface area contributed by atoms with E-state index < -0.39 is 0 Å². The maximum Gasteiger partial charge on any atom is 0.227 e. The second-order valence-corrected chi connectivity index (χ2v) is 8.04. The minimum atomic E-state index is -0.367. The van der Waals surface area contributed by atoms with Gasteiger partial charge in [-0.1, -0.05) is 22.0 Å². The molecule has 1 aromatic carbocycles. The van der Waals surface area contributed by atoms with E-state index in [1.165, 1.54) is 12.8 Å². The lowest BCUT2D eigenvalue weighted by Gasteiger charge is -2.17. The van der Waals surface area contributed by atoms with E-state index in [9.17, 15) is 9.59 Å². The molecule has 1 atom stereocenters. The van der Waals surface area contributed by atoms with E-state index in [0.717, 1.165) is 29.1 Å². The summed E-state index contributed by atoms with van der Waals surface area (Å²) in [6.07, 6.45) is 4.31. The Bertz CT molecular complexity index is 884. The van der Waals surface area contributed by atoms with Crippen molar-refractivity contribution in [1.82, 2.24) is 15.3 Å². The van der Waals surface area contributed by atoms with Crippen LogP contribution in [-0.2, 0) is 16.1 Å². The maximum absolute atomic E-state index is 12.6. The number of nitrogens with one attached hydrogen (secondary N) is 1. The third-order valence-corrected chi connectivity index (χ3v) is 5.65. The average molecular weight is 444 g/mol. The Labute approximate surface area is 172 Å². The summed E-state index contributed by atoms with van der Waals surface area (Å²) < 4.78 is 0.903. The van der Waals surface area contributed by atoms with Crippen LogP contribution in [0.3, 0.4) is 0 Å². The predicted octanol–water partition coefficient (Wildman–Crippen LogP) is 2.51. The van der Waals surface area contributed by atoms with Crippen LogP contribution in [0.15, 0.2) is 41.0 Å². The van der Waals surface area contributed by atoms with Crippen molar-refractivity contribution < 1.29 is 9.59 Å². The number of amides is 2. The predicted molar refractivity (Wildman–Crippen MR) is 110 cm³/mol. The highest BCUT2D eigenvalue weighted by Crippen LogP contribution is 2.27. The molecule has 2 aliphatic heterocycles. The fourth-order valence-corrected chi connectivity index (χ4v) is 4.07. The summed E-state index contributed by atoms with van der Waals surface area (Å²) in [7, 11) is 0. The molecule has 2 fully saturated rings. The molecule has 2 aromatic rings. The zero-order chi connectivity index (χ0) is 19.5. The lowest BCUT2D eigenvalue weighted by molar-refractivity contribution is -0.126. The molecule has 8 heteroatoms. The van der Waals surface area contributed by atoms with Gasteiger partial charge in [0.2, 0.25) is 11.8 Å². The highest BCUT2D eigenvalue weighted by molar-refractivity contribution is 9.10. The smallest absolute Gasteiger partial charge is 0.227 e. The van der Waals surface area contributed by atoms with Crippen LogP contribution in [0.5, 0.6) is 0 Å². The first kappa shape index (κ1) is 18.9. The fraction of sp³-hybridized carbons (Fsp3) is 0.400. The van der Waals surface area contributed by atoms with Gasteiger partial charge in [-0.25, -0.2) is 9.97 Å². The number of carbonyl (C=O) groups excluding carboxylic acids is 2.